The number of nitrogens with zero attached hydrogens (tertiary/aromatic N) is 3. The summed E-state index contributed by atoms with van der Waals surface area (Å²) in [7, 11) is 0. The van der Waals surface area contributed by atoms with Crippen LogP contribution in [-0.2, 0) is 6.42 Å². The fraction of sp³-hybridized carbons (Fsp3) is 0.727. The zero-order valence-electron chi connectivity index (χ0n) is 9.06. The Bertz CT molecular complexity index is 389. The van der Waals surface area contributed by atoms with Gasteiger partial charge in [-0.3, -0.25) is 0 Å². The van der Waals surface area contributed by atoms with Crippen LogP contribution < -0.4 is 5.73 Å². The van der Waals surface area contributed by atoms with Crippen LogP contribution in [0, 0.1) is 17.8 Å². The van der Waals surface area contributed by atoms with Gasteiger partial charge in [0.25, 0.3) is 0 Å². The number of nitrogens with two attached hydrogens (primary N) is 1. The van der Waals surface area contributed by atoms with Gasteiger partial charge >= 0.3 is 0 Å². The Kier molecular flexibility index (Phi) is 2.46. The van der Waals surface area contributed by atoms with Gasteiger partial charge in [0.2, 0.25) is 11.2 Å². The highest BCUT2D eigenvalue weighted by molar-refractivity contribution is 6.28. The first-order valence-corrected chi connectivity index (χ1v) is 6.24. The lowest BCUT2D eigenvalue weighted by atomic mass is 9.86. The molecule has 0 spiro atoms. The van der Waals surface area contributed by atoms with Crippen molar-refractivity contribution in [1.82, 2.24) is 15.0 Å². The maximum Gasteiger partial charge on any atom is 0.227 e. The minimum absolute atomic E-state index is 0.214. The second kappa shape index (κ2) is 3.84. The van der Waals surface area contributed by atoms with Gasteiger partial charge in [0.15, 0.2) is 0 Å². The third-order valence-electron chi connectivity index (χ3n) is 4.00. The van der Waals surface area contributed by atoms with Crippen molar-refractivity contribution in [3.8, 4) is 0 Å². The molecule has 2 N–H and O–H groups in total. The van der Waals surface area contributed by atoms with Crippen molar-refractivity contribution in [2.45, 2.75) is 32.1 Å². The molecular weight excluding hydrogens is 224 g/mol. The summed E-state index contributed by atoms with van der Waals surface area (Å²) in [5.74, 6) is 3.55. The molecule has 2 bridgehead atoms. The average molecular weight is 239 g/mol. The summed E-state index contributed by atoms with van der Waals surface area (Å²) >= 11 is 5.77. The standard InChI is InChI=1S/C11H15ClN4/c12-10-14-9(15-11(13)16-10)5-8-4-6-1-2-7(8)3-6/h6-8H,1-5H2,(H2,13,14,15,16). The summed E-state index contributed by atoms with van der Waals surface area (Å²) in [5, 5.41) is 0.214. The van der Waals surface area contributed by atoms with Crippen LogP contribution in [0.4, 0.5) is 5.95 Å². The fourth-order valence-corrected chi connectivity index (χ4v) is 3.54. The zero-order valence-corrected chi connectivity index (χ0v) is 9.82. The second-order valence-electron chi connectivity index (χ2n) is 5.02. The first-order chi connectivity index (χ1) is 7.70. The van der Waals surface area contributed by atoms with Crippen molar-refractivity contribution < 1.29 is 0 Å². The smallest absolute Gasteiger partial charge is 0.227 e. The lowest BCUT2D eigenvalue weighted by molar-refractivity contribution is 0.326. The molecule has 4 nitrogen and oxygen atoms in total. The molecule has 1 aromatic heterocycles. The predicted molar refractivity (Wildman–Crippen MR) is 61.9 cm³/mol. The number of aromatic nitrogens is 3. The van der Waals surface area contributed by atoms with E-state index in [1.54, 1.807) is 0 Å². The number of hydrogen-bond donors (Lipinski definition) is 1. The Morgan fingerprint density at radius 1 is 1.19 bits per heavy atom. The molecule has 3 unspecified atom stereocenters. The minimum atomic E-state index is 0.214. The average Bonchev–Trinajstić information content (AvgIpc) is 2.77. The van der Waals surface area contributed by atoms with Crippen LogP contribution in [-0.4, -0.2) is 15.0 Å². The number of nitrogen functional groups attached to an aromatic ring is 1. The van der Waals surface area contributed by atoms with Gasteiger partial charge in [-0.25, -0.2) is 4.98 Å². The van der Waals surface area contributed by atoms with Crippen molar-refractivity contribution >= 4 is 17.5 Å². The molecule has 0 amide bonds. The van der Waals surface area contributed by atoms with Crippen LogP contribution in [0.3, 0.4) is 0 Å². The molecule has 3 atom stereocenters. The lowest BCUT2D eigenvalue weighted by Gasteiger charge is -2.20. The lowest BCUT2D eigenvalue weighted by Crippen LogP contribution is -2.15. The summed E-state index contributed by atoms with van der Waals surface area (Å²) in [6, 6.07) is 0. The summed E-state index contributed by atoms with van der Waals surface area (Å²) < 4.78 is 0. The number of hydrogen-bond acceptors (Lipinski definition) is 4. The fourth-order valence-electron chi connectivity index (χ4n) is 3.36. The molecule has 86 valence electrons. The molecule has 2 aliphatic rings. The molecule has 0 aromatic carbocycles. The van der Waals surface area contributed by atoms with E-state index in [4.69, 9.17) is 17.3 Å². The molecule has 2 aliphatic carbocycles. The molecule has 0 saturated heterocycles. The van der Waals surface area contributed by atoms with Gasteiger partial charge in [0, 0.05) is 6.42 Å². The SMILES string of the molecule is Nc1nc(Cl)nc(CC2CC3CCC2C3)n1. The van der Waals surface area contributed by atoms with Crippen molar-refractivity contribution in [2.75, 3.05) is 5.73 Å². The number of halogens is 1. The van der Waals surface area contributed by atoms with E-state index in [-0.39, 0.29) is 11.2 Å². The van der Waals surface area contributed by atoms with Crippen LogP contribution in [0.1, 0.15) is 31.5 Å². The Hall–Kier alpha value is -0.900. The summed E-state index contributed by atoms with van der Waals surface area (Å²) in [6.45, 7) is 0. The van der Waals surface area contributed by atoms with Crippen molar-refractivity contribution in [3.05, 3.63) is 11.1 Å². The van der Waals surface area contributed by atoms with Crippen molar-refractivity contribution in [3.63, 3.8) is 0 Å². The zero-order chi connectivity index (χ0) is 11.1. The van der Waals surface area contributed by atoms with Crippen LogP contribution in [0.15, 0.2) is 0 Å². The third kappa shape index (κ3) is 1.86. The van der Waals surface area contributed by atoms with Gasteiger partial charge < -0.3 is 5.73 Å². The quantitative estimate of drug-likeness (QED) is 0.857. The molecule has 2 saturated carbocycles. The summed E-state index contributed by atoms with van der Waals surface area (Å²) in [5.41, 5.74) is 5.56. The van der Waals surface area contributed by atoms with Crippen molar-refractivity contribution in [2.24, 2.45) is 17.8 Å². The van der Waals surface area contributed by atoms with Gasteiger partial charge in [-0.1, -0.05) is 6.42 Å². The van der Waals surface area contributed by atoms with Gasteiger partial charge in [-0.05, 0) is 48.6 Å². The van der Waals surface area contributed by atoms with Crippen LogP contribution >= 0.6 is 11.6 Å². The van der Waals surface area contributed by atoms with Gasteiger partial charge in [0.05, 0.1) is 0 Å². The van der Waals surface area contributed by atoms with E-state index in [0.717, 1.165) is 30.0 Å². The monoisotopic (exact) mass is 238 g/mol. The van der Waals surface area contributed by atoms with E-state index >= 15 is 0 Å². The second-order valence-corrected chi connectivity index (χ2v) is 5.36. The van der Waals surface area contributed by atoms with E-state index in [1.165, 1.54) is 25.7 Å². The van der Waals surface area contributed by atoms with Gasteiger partial charge in [0.1, 0.15) is 5.82 Å². The van der Waals surface area contributed by atoms with Crippen LogP contribution in [0.2, 0.25) is 5.28 Å². The Labute approximate surface area is 99.6 Å². The van der Waals surface area contributed by atoms with E-state index in [2.05, 4.69) is 15.0 Å². The molecule has 5 heteroatoms. The maximum absolute atomic E-state index is 5.77. The molecular formula is C11H15ClN4. The Balaban J connectivity index is 1.74. The number of fused-ring (bicyclic) bond motifs is 2. The molecule has 1 heterocycles. The first kappa shape index (κ1) is 10.3. The normalized spacial score (nSPS) is 32.2. The first-order valence-electron chi connectivity index (χ1n) is 5.86. The van der Waals surface area contributed by atoms with Gasteiger partial charge in [-0.2, -0.15) is 9.97 Å². The molecule has 3 rings (SSSR count). The molecule has 16 heavy (non-hydrogen) atoms. The van der Waals surface area contributed by atoms with Crippen LogP contribution in [0.25, 0.3) is 0 Å². The Morgan fingerprint density at radius 3 is 2.69 bits per heavy atom. The van der Waals surface area contributed by atoms with E-state index in [9.17, 15) is 0 Å². The molecule has 0 radical (unpaired) electrons. The topological polar surface area (TPSA) is 64.7 Å². The van der Waals surface area contributed by atoms with Crippen LogP contribution in [0.5, 0.6) is 0 Å². The largest absolute Gasteiger partial charge is 0.368 e. The summed E-state index contributed by atoms with van der Waals surface area (Å²) in [4.78, 5) is 12.1. The Morgan fingerprint density at radius 2 is 2.06 bits per heavy atom. The highest BCUT2D eigenvalue weighted by atomic mass is 35.5. The molecule has 0 aliphatic heterocycles. The highest BCUT2D eigenvalue weighted by Gasteiger charge is 2.39. The van der Waals surface area contributed by atoms with E-state index in [0.29, 0.717) is 0 Å². The number of anilines is 1. The predicted octanol–water partition coefficient (Wildman–Crippen LogP) is 2.09. The van der Waals surface area contributed by atoms with Crippen molar-refractivity contribution in [1.29, 1.82) is 0 Å². The number of rotatable bonds is 2. The van der Waals surface area contributed by atoms with Gasteiger partial charge in [-0.15, -0.1) is 0 Å². The van der Waals surface area contributed by atoms with E-state index < -0.39 is 0 Å². The van der Waals surface area contributed by atoms with E-state index in [1.807, 2.05) is 0 Å². The maximum atomic E-state index is 5.77. The summed E-state index contributed by atoms with van der Waals surface area (Å²) in [6.07, 6.45) is 6.44. The minimum Gasteiger partial charge on any atom is -0.368 e. The molecule has 1 aromatic rings. The molecule has 2 fully saturated rings. The third-order valence-corrected chi connectivity index (χ3v) is 4.17. The highest BCUT2D eigenvalue weighted by Crippen LogP contribution is 2.49.